The Labute approximate surface area is 200 Å². The average molecular weight is 492 g/mol. The van der Waals surface area contributed by atoms with Crippen molar-refractivity contribution in [1.29, 1.82) is 0 Å². The molecule has 180 valence electrons. The van der Waals surface area contributed by atoms with Crippen molar-refractivity contribution in [1.82, 2.24) is 9.80 Å². The zero-order valence-electron chi connectivity index (χ0n) is 19.0. The number of carbonyl (C=O) groups is 3. The van der Waals surface area contributed by atoms with Gasteiger partial charge in [-0.15, -0.1) is 0 Å². The summed E-state index contributed by atoms with van der Waals surface area (Å²) in [5.41, 5.74) is -1.60. The third-order valence-electron chi connectivity index (χ3n) is 5.77. The minimum Gasteiger partial charge on any atom is -0.444 e. The van der Waals surface area contributed by atoms with Crippen LogP contribution in [0, 0.1) is 11.6 Å². The van der Waals surface area contributed by atoms with E-state index in [4.69, 9.17) is 16.3 Å². The van der Waals surface area contributed by atoms with Gasteiger partial charge in [0.05, 0.1) is 18.8 Å². The molecule has 4 rings (SSSR count). The molecule has 0 atom stereocenters. The molecule has 2 aliphatic heterocycles. The van der Waals surface area contributed by atoms with Crippen molar-refractivity contribution in [2.75, 3.05) is 24.5 Å². The molecule has 0 N–H and O–H groups in total. The van der Waals surface area contributed by atoms with E-state index in [0.717, 1.165) is 22.6 Å². The SMILES string of the molecule is CC(C)(C)OC(=O)N1CC2(C1)C(=O)N(c1ccc(F)cc1F)CC(=O)N2Cc1ccc(Cl)cc1. The van der Waals surface area contributed by atoms with Crippen LogP contribution in [-0.4, -0.2) is 58.5 Å². The lowest BCUT2D eigenvalue weighted by atomic mass is 9.83. The molecule has 0 aliphatic carbocycles. The maximum absolute atomic E-state index is 14.5. The van der Waals surface area contributed by atoms with E-state index in [2.05, 4.69) is 0 Å². The van der Waals surface area contributed by atoms with Crippen LogP contribution >= 0.6 is 11.6 Å². The monoisotopic (exact) mass is 491 g/mol. The third kappa shape index (κ3) is 4.44. The minimum atomic E-state index is -1.41. The van der Waals surface area contributed by atoms with Gasteiger partial charge in [0, 0.05) is 17.6 Å². The second-order valence-corrected chi connectivity index (χ2v) is 9.90. The second-order valence-electron chi connectivity index (χ2n) is 9.46. The van der Waals surface area contributed by atoms with Gasteiger partial charge in [-0.25, -0.2) is 13.6 Å². The molecular weight excluding hydrogens is 468 g/mol. The highest BCUT2D eigenvalue weighted by molar-refractivity contribution is 6.30. The van der Waals surface area contributed by atoms with Crippen LogP contribution in [0.15, 0.2) is 42.5 Å². The predicted octanol–water partition coefficient (Wildman–Crippen LogP) is 3.98. The summed E-state index contributed by atoms with van der Waals surface area (Å²) >= 11 is 5.96. The molecule has 0 aromatic heterocycles. The number of carbonyl (C=O) groups excluding carboxylic acids is 3. The summed E-state index contributed by atoms with van der Waals surface area (Å²) in [6.45, 7) is 4.64. The minimum absolute atomic E-state index is 0.101. The summed E-state index contributed by atoms with van der Waals surface area (Å²) in [6, 6.07) is 9.64. The molecule has 3 amide bonds. The number of likely N-dealkylation sites (tertiary alicyclic amines) is 1. The molecule has 0 unspecified atom stereocenters. The van der Waals surface area contributed by atoms with Gasteiger partial charge in [0.1, 0.15) is 23.8 Å². The Morgan fingerprint density at radius 1 is 1.09 bits per heavy atom. The number of nitrogens with zero attached hydrogens (tertiary/aromatic N) is 3. The Bertz CT molecular complexity index is 1140. The fraction of sp³-hybridized carbons (Fsp3) is 0.375. The fourth-order valence-corrected chi connectivity index (χ4v) is 4.28. The Hall–Kier alpha value is -3.20. The van der Waals surface area contributed by atoms with Gasteiger partial charge in [-0.3, -0.25) is 14.5 Å². The normalized spacial score (nSPS) is 17.8. The van der Waals surface area contributed by atoms with Crippen LogP contribution in [0.1, 0.15) is 26.3 Å². The van der Waals surface area contributed by atoms with Crippen molar-refractivity contribution in [3.05, 3.63) is 64.7 Å². The molecule has 2 saturated heterocycles. The molecular formula is C24H24ClF2N3O4. The summed E-state index contributed by atoms with van der Waals surface area (Å²) in [5, 5.41) is 0.525. The van der Waals surface area contributed by atoms with E-state index in [9.17, 15) is 23.2 Å². The molecule has 2 fully saturated rings. The topological polar surface area (TPSA) is 70.2 Å². The first-order valence-electron chi connectivity index (χ1n) is 10.7. The number of halogens is 3. The summed E-state index contributed by atoms with van der Waals surface area (Å²) in [5.74, 6) is -2.73. The molecule has 2 aromatic carbocycles. The predicted molar refractivity (Wildman–Crippen MR) is 121 cm³/mol. The summed E-state index contributed by atoms with van der Waals surface area (Å²) in [6.07, 6.45) is -0.616. The van der Waals surface area contributed by atoms with Crippen molar-refractivity contribution in [3.8, 4) is 0 Å². The van der Waals surface area contributed by atoms with Crippen molar-refractivity contribution >= 4 is 35.2 Å². The van der Waals surface area contributed by atoms with Gasteiger partial charge in [0.15, 0.2) is 5.54 Å². The second kappa shape index (κ2) is 8.54. The largest absolute Gasteiger partial charge is 0.444 e. The Balaban J connectivity index is 1.67. The fourth-order valence-electron chi connectivity index (χ4n) is 4.15. The number of amides is 3. The van der Waals surface area contributed by atoms with E-state index in [1.54, 1.807) is 45.0 Å². The summed E-state index contributed by atoms with van der Waals surface area (Å²) in [4.78, 5) is 43.3. The lowest BCUT2D eigenvalue weighted by Crippen LogP contribution is -2.81. The van der Waals surface area contributed by atoms with E-state index in [0.29, 0.717) is 11.1 Å². The van der Waals surface area contributed by atoms with Crippen molar-refractivity contribution in [2.24, 2.45) is 0 Å². The maximum atomic E-state index is 14.5. The van der Waals surface area contributed by atoms with Crippen molar-refractivity contribution < 1.29 is 27.9 Å². The van der Waals surface area contributed by atoms with Crippen molar-refractivity contribution in [2.45, 2.75) is 38.5 Å². The molecule has 7 nitrogen and oxygen atoms in total. The average Bonchev–Trinajstić information content (AvgIpc) is 2.70. The van der Waals surface area contributed by atoms with E-state index >= 15 is 0 Å². The molecule has 1 spiro atoms. The first-order valence-corrected chi connectivity index (χ1v) is 11.1. The molecule has 2 heterocycles. The zero-order chi connectivity index (χ0) is 24.8. The van der Waals surface area contributed by atoms with Crippen molar-refractivity contribution in [3.63, 3.8) is 0 Å². The van der Waals surface area contributed by atoms with E-state index in [1.165, 1.54) is 9.80 Å². The lowest BCUT2D eigenvalue weighted by molar-refractivity contribution is -0.163. The Morgan fingerprint density at radius 3 is 2.32 bits per heavy atom. The molecule has 0 radical (unpaired) electrons. The van der Waals surface area contributed by atoms with Crippen LogP contribution in [0.2, 0.25) is 5.02 Å². The number of rotatable bonds is 3. The number of piperazine rings is 1. The van der Waals surface area contributed by atoms with Gasteiger partial charge in [0.2, 0.25) is 5.91 Å². The van der Waals surface area contributed by atoms with Crippen LogP contribution in [-0.2, 0) is 20.9 Å². The maximum Gasteiger partial charge on any atom is 0.410 e. The molecule has 0 bridgehead atoms. The van der Waals surface area contributed by atoms with Gasteiger partial charge < -0.3 is 14.5 Å². The van der Waals surface area contributed by atoms with E-state index < -0.39 is 47.2 Å². The first kappa shape index (κ1) is 23.9. The van der Waals surface area contributed by atoms with Crippen LogP contribution in [0.3, 0.4) is 0 Å². The third-order valence-corrected chi connectivity index (χ3v) is 6.02. The number of benzene rings is 2. The number of ether oxygens (including phenoxy) is 1. The van der Waals surface area contributed by atoms with Crippen LogP contribution in [0.25, 0.3) is 0 Å². The highest BCUT2D eigenvalue weighted by Gasteiger charge is 2.61. The molecule has 0 saturated carbocycles. The first-order chi connectivity index (χ1) is 15.9. The molecule has 2 aliphatic rings. The lowest BCUT2D eigenvalue weighted by Gasteiger charge is -2.57. The van der Waals surface area contributed by atoms with Gasteiger partial charge in [-0.2, -0.15) is 0 Å². The Kier molecular flexibility index (Phi) is 6.01. The number of hydrogen-bond donors (Lipinski definition) is 0. The smallest absolute Gasteiger partial charge is 0.410 e. The Morgan fingerprint density at radius 2 is 1.74 bits per heavy atom. The van der Waals surface area contributed by atoms with E-state index in [-0.39, 0.29) is 25.3 Å². The van der Waals surface area contributed by atoms with E-state index in [1.807, 2.05) is 0 Å². The zero-order valence-corrected chi connectivity index (χ0v) is 19.7. The standard InChI is InChI=1S/C24H24ClF2N3O4/c1-23(2,3)34-22(33)28-13-24(14-28)21(32)29(19-9-8-17(26)10-18(19)27)12-20(31)30(24)11-15-4-6-16(25)7-5-15/h4-10H,11-14H2,1-3H3. The van der Waals surface area contributed by atoms with Crippen LogP contribution in [0.5, 0.6) is 0 Å². The van der Waals surface area contributed by atoms with Gasteiger partial charge >= 0.3 is 6.09 Å². The quantitative estimate of drug-likeness (QED) is 0.651. The summed E-state index contributed by atoms with van der Waals surface area (Å²) < 4.78 is 33.4. The molecule has 2 aromatic rings. The molecule has 34 heavy (non-hydrogen) atoms. The van der Waals surface area contributed by atoms with Crippen LogP contribution < -0.4 is 4.90 Å². The van der Waals surface area contributed by atoms with Gasteiger partial charge in [0.25, 0.3) is 5.91 Å². The highest BCUT2D eigenvalue weighted by atomic mass is 35.5. The van der Waals surface area contributed by atoms with Gasteiger partial charge in [-0.05, 0) is 50.6 Å². The number of hydrogen-bond acceptors (Lipinski definition) is 4. The summed E-state index contributed by atoms with van der Waals surface area (Å²) in [7, 11) is 0. The van der Waals surface area contributed by atoms with Crippen LogP contribution in [0.4, 0.5) is 19.3 Å². The molecule has 10 heteroatoms. The number of anilines is 1. The van der Waals surface area contributed by atoms with Gasteiger partial charge in [-0.1, -0.05) is 23.7 Å². The highest BCUT2D eigenvalue weighted by Crippen LogP contribution is 2.38.